The Morgan fingerprint density at radius 3 is 2.35 bits per heavy atom. The highest BCUT2D eigenvalue weighted by molar-refractivity contribution is 7.99. The highest BCUT2D eigenvalue weighted by Crippen LogP contribution is 2.43. The average Bonchev–Trinajstić information content (AvgIpc) is 2.25. The first-order valence-electron chi connectivity index (χ1n) is 5.49. The van der Waals surface area contributed by atoms with Gasteiger partial charge >= 0.3 is 0 Å². The molecule has 1 aliphatic carbocycles. The maximum absolute atomic E-state index is 12.2. The fraction of sp³-hybridized carbons (Fsp3) is 0.500. The molecule has 2 nitrogen and oxygen atoms in total. The van der Waals surface area contributed by atoms with Crippen molar-refractivity contribution >= 4 is 11.8 Å². The van der Waals surface area contributed by atoms with Crippen molar-refractivity contribution < 1.29 is 13.9 Å². The summed E-state index contributed by atoms with van der Waals surface area (Å²) in [5.74, 6) is -2.39. The SMILES string of the molecule is NCC1(c2ccc(SC(F)F)cc2)CC(O)C1. The van der Waals surface area contributed by atoms with Gasteiger partial charge in [-0.25, -0.2) is 0 Å². The van der Waals surface area contributed by atoms with Gasteiger partial charge in [-0.1, -0.05) is 23.9 Å². The van der Waals surface area contributed by atoms with Gasteiger partial charge in [-0.2, -0.15) is 8.78 Å². The molecule has 2 rings (SSSR count). The topological polar surface area (TPSA) is 46.2 Å². The van der Waals surface area contributed by atoms with E-state index in [1.165, 1.54) is 0 Å². The zero-order valence-electron chi connectivity index (χ0n) is 9.27. The molecular weight excluding hydrogens is 244 g/mol. The van der Waals surface area contributed by atoms with Gasteiger partial charge in [0, 0.05) is 16.9 Å². The van der Waals surface area contributed by atoms with Crippen molar-refractivity contribution in [1.29, 1.82) is 0 Å². The second-order valence-corrected chi connectivity index (χ2v) is 5.51. The molecule has 0 aromatic heterocycles. The highest BCUT2D eigenvalue weighted by atomic mass is 32.2. The summed E-state index contributed by atoms with van der Waals surface area (Å²) >= 11 is 0.538. The van der Waals surface area contributed by atoms with Crippen LogP contribution in [0.2, 0.25) is 0 Å². The van der Waals surface area contributed by atoms with Crippen molar-refractivity contribution in [3.8, 4) is 0 Å². The Labute approximate surface area is 103 Å². The van der Waals surface area contributed by atoms with Crippen molar-refractivity contribution in [2.75, 3.05) is 6.54 Å². The predicted molar refractivity (Wildman–Crippen MR) is 64.3 cm³/mol. The van der Waals surface area contributed by atoms with Crippen LogP contribution in [-0.2, 0) is 5.41 Å². The minimum Gasteiger partial charge on any atom is -0.393 e. The van der Waals surface area contributed by atoms with E-state index in [1.807, 2.05) is 12.1 Å². The lowest BCUT2D eigenvalue weighted by molar-refractivity contribution is 0.0221. The molecule has 0 saturated heterocycles. The minimum atomic E-state index is -2.39. The van der Waals surface area contributed by atoms with Gasteiger partial charge in [0.15, 0.2) is 0 Å². The highest BCUT2D eigenvalue weighted by Gasteiger charge is 2.43. The molecule has 0 bridgehead atoms. The average molecular weight is 259 g/mol. The van der Waals surface area contributed by atoms with Crippen LogP contribution in [0.25, 0.3) is 0 Å². The second-order valence-electron chi connectivity index (χ2n) is 4.45. The number of halogens is 2. The van der Waals surface area contributed by atoms with Crippen molar-refractivity contribution in [2.45, 2.75) is 35.0 Å². The van der Waals surface area contributed by atoms with E-state index < -0.39 is 5.76 Å². The van der Waals surface area contributed by atoms with Crippen molar-refractivity contribution in [3.05, 3.63) is 29.8 Å². The quantitative estimate of drug-likeness (QED) is 0.816. The fourth-order valence-corrected chi connectivity index (χ4v) is 2.85. The van der Waals surface area contributed by atoms with Gasteiger partial charge in [0.2, 0.25) is 0 Å². The monoisotopic (exact) mass is 259 g/mol. The number of rotatable bonds is 4. The summed E-state index contributed by atoms with van der Waals surface area (Å²) in [5, 5.41) is 9.39. The molecular formula is C12H15F2NOS. The number of hydrogen-bond donors (Lipinski definition) is 2. The molecule has 17 heavy (non-hydrogen) atoms. The van der Waals surface area contributed by atoms with E-state index in [9.17, 15) is 13.9 Å². The summed E-state index contributed by atoms with van der Waals surface area (Å²) in [4.78, 5) is 0.552. The summed E-state index contributed by atoms with van der Waals surface area (Å²) in [6.45, 7) is 0.478. The fourth-order valence-electron chi connectivity index (χ4n) is 2.35. The van der Waals surface area contributed by atoms with Gasteiger partial charge in [-0.05, 0) is 30.5 Å². The molecule has 1 aromatic rings. The molecule has 1 aliphatic rings. The summed E-state index contributed by atoms with van der Waals surface area (Å²) in [6, 6.07) is 7.05. The van der Waals surface area contributed by atoms with Gasteiger partial charge in [0.1, 0.15) is 0 Å². The summed E-state index contributed by atoms with van der Waals surface area (Å²) in [7, 11) is 0. The maximum Gasteiger partial charge on any atom is 0.288 e. The van der Waals surface area contributed by atoms with Gasteiger partial charge in [0.25, 0.3) is 5.76 Å². The van der Waals surface area contributed by atoms with Gasteiger partial charge in [0.05, 0.1) is 6.10 Å². The molecule has 1 aromatic carbocycles. The third-order valence-corrected chi connectivity index (χ3v) is 4.06. The van der Waals surface area contributed by atoms with E-state index >= 15 is 0 Å². The first kappa shape index (κ1) is 12.8. The Balaban J connectivity index is 2.12. The lowest BCUT2D eigenvalue weighted by atomic mass is 9.63. The summed E-state index contributed by atoms with van der Waals surface area (Å²) in [6.07, 6.45) is 1.03. The van der Waals surface area contributed by atoms with Gasteiger partial charge in [-0.3, -0.25) is 0 Å². The molecule has 3 N–H and O–H groups in total. The zero-order valence-corrected chi connectivity index (χ0v) is 10.1. The number of thioether (sulfide) groups is 1. The van der Waals surface area contributed by atoms with Gasteiger partial charge < -0.3 is 10.8 Å². The van der Waals surface area contributed by atoms with Crippen LogP contribution in [0.1, 0.15) is 18.4 Å². The van der Waals surface area contributed by atoms with Crippen LogP contribution < -0.4 is 5.73 Å². The molecule has 5 heteroatoms. The van der Waals surface area contributed by atoms with Crippen LogP contribution >= 0.6 is 11.8 Å². The minimum absolute atomic E-state index is 0.159. The van der Waals surface area contributed by atoms with Crippen molar-refractivity contribution in [2.24, 2.45) is 5.73 Å². The third-order valence-electron chi connectivity index (χ3n) is 3.34. The lowest BCUT2D eigenvalue weighted by Gasteiger charge is -2.45. The number of hydrogen-bond acceptors (Lipinski definition) is 3. The predicted octanol–water partition coefficient (Wildman–Crippen LogP) is 2.35. The van der Waals surface area contributed by atoms with Crippen LogP contribution in [0.4, 0.5) is 8.78 Å². The molecule has 0 aliphatic heterocycles. The Bertz CT molecular complexity index is 377. The van der Waals surface area contributed by atoms with Crippen LogP contribution in [0.15, 0.2) is 29.2 Å². The Kier molecular flexibility index (Phi) is 3.70. The second kappa shape index (κ2) is 4.92. The Morgan fingerprint density at radius 2 is 1.94 bits per heavy atom. The first-order chi connectivity index (χ1) is 8.05. The van der Waals surface area contributed by atoms with Crippen LogP contribution in [0, 0.1) is 0 Å². The largest absolute Gasteiger partial charge is 0.393 e. The van der Waals surface area contributed by atoms with E-state index in [1.54, 1.807) is 12.1 Å². The zero-order chi connectivity index (χ0) is 12.5. The summed E-state index contributed by atoms with van der Waals surface area (Å²) in [5.41, 5.74) is 6.62. The molecule has 0 spiro atoms. The van der Waals surface area contributed by atoms with E-state index in [0.717, 1.165) is 5.56 Å². The maximum atomic E-state index is 12.2. The van der Waals surface area contributed by atoms with Crippen molar-refractivity contribution in [3.63, 3.8) is 0 Å². The van der Waals surface area contributed by atoms with E-state index in [2.05, 4.69) is 0 Å². The van der Waals surface area contributed by atoms with Crippen LogP contribution in [0.5, 0.6) is 0 Å². The molecule has 0 atom stereocenters. The lowest BCUT2D eigenvalue weighted by Crippen LogP contribution is -2.49. The first-order valence-corrected chi connectivity index (χ1v) is 6.37. The van der Waals surface area contributed by atoms with E-state index in [-0.39, 0.29) is 11.5 Å². The molecule has 0 heterocycles. The number of aliphatic hydroxyl groups excluding tert-OH is 1. The van der Waals surface area contributed by atoms with E-state index in [4.69, 9.17) is 5.73 Å². The van der Waals surface area contributed by atoms with Gasteiger partial charge in [-0.15, -0.1) is 0 Å². The number of benzene rings is 1. The molecule has 0 radical (unpaired) electrons. The molecule has 0 unspecified atom stereocenters. The molecule has 0 amide bonds. The Hall–Kier alpha value is -0.650. The van der Waals surface area contributed by atoms with Crippen LogP contribution in [-0.4, -0.2) is 23.5 Å². The third kappa shape index (κ3) is 2.61. The molecule has 94 valence electrons. The normalized spacial score (nSPS) is 28.2. The summed E-state index contributed by atoms with van der Waals surface area (Å²) < 4.78 is 24.3. The Morgan fingerprint density at radius 1 is 1.35 bits per heavy atom. The number of aliphatic hydroxyl groups is 1. The van der Waals surface area contributed by atoms with Crippen LogP contribution in [0.3, 0.4) is 0 Å². The molecule has 1 saturated carbocycles. The smallest absolute Gasteiger partial charge is 0.288 e. The molecule has 1 fully saturated rings. The number of nitrogens with two attached hydrogens (primary N) is 1. The number of alkyl halides is 2. The van der Waals surface area contributed by atoms with Crippen molar-refractivity contribution in [1.82, 2.24) is 0 Å². The standard InChI is InChI=1S/C12H15F2NOS/c13-11(14)17-10-3-1-8(2-4-10)12(7-15)5-9(16)6-12/h1-4,9,11,16H,5-7,15H2. The van der Waals surface area contributed by atoms with E-state index in [0.29, 0.717) is 36.0 Å².